The van der Waals surface area contributed by atoms with E-state index in [1.807, 2.05) is 19.1 Å². The first-order valence-electron chi connectivity index (χ1n) is 6.28. The summed E-state index contributed by atoms with van der Waals surface area (Å²) in [6.07, 6.45) is 0. The predicted molar refractivity (Wildman–Crippen MR) is 80.4 cm³/mol. The summed E-state index contributed by atoms with van der Waals surface area (Å²) in [5.74, 6) is -0.294. The second-order valence-corrected chi connectivity index (χ2v) is 4.99. The van der Waals surface area contributed by atoms with E-state index < -0.39 is 4.92 Å². The highest BCUT2D eigenvalue weighted by molar-refractivity contribution is 6.30. The Kier molecular flexibility index (Phi) is 4.55. The number of non-ortho nitro benzene ring substituents is 1. The smallest absolute Gasteiger partial charge is 0.269 e. The van der Waals surface area contributed by atoms with Crippen molar-refractivity contribution in [3.8, 4) is 0 Å². The molecule has 0 heterocycles. The first-order chi connectivity index (χ1) is 9.97. The molecule has 0 radical (unpaired) electrons. The maximum atomic E-state index is 12.1. The van der Waals surface area contributed by atoms with E-state index in [9.17, 15) is 14.9 Å². The molecule has 5 nitrogen and oxygen atoms in total. The standard InChI is InChI=1S/C15H13ClN2O3/c1-10(12-3-2-4-13(16)9-12)17-15(19)11-5-7-14(8-6-11)18(20)21/h2-10H,1H3,(H,17,19). The van der Waals surface area contributed by atoms with Crippen LogP contribution in [0.25, 0.3) is 0 Å². The predicted octanol–water partition coefficient (Wildman–Crippen LogP) is 3.74. The lowest BCUT2D eigenvalue weighted by Crippen LogP contribution is -2.26. The van der Waals surface area contributed by atoms with Crippen molar-refractivity contribution in [1.82, 2.24) is 5.32 Å². The van der Waals surface area contributed by atoms with E-state index >= 15 is 0 Å². The molecule has 1 atom stereocenters. The molecule has 2 aromatic rings. The summed E-state index contributed by atoms with van der Waals surface area (Å²) in [6.45, 7) is 1.84. The maximum absolute atomic E-state index is 12.1. The molecule has 6 heteroatoms. The third-order valence-corrected chi connectivity index (χ3v) is 3.27. The van der Waals surface area contributed by atoms with Crippen molar-refractivity contribution in [3.05, 3.63) is 74.8 Å². The number of rotatable bonds is 4. The first kappa shape index (κ1) is 15.0. The minimum absolute atomic E-state index is 0.0468. The van der Waals surface area contributed by atoms with Crippen molar-refractivity contribution in [2.75, 3.05) is 0 Å². The number of amides is 1. The molecule has 0 spiro atoms. The molecule has 2 rings (SSSR count). The largest absolute Gasteiger partial charge is 0.346 e. The third kappa shape index (κ3) is 3.79. The molecule has 0 aliphatic carbocycles. The van der Waals surface area contributed by atoms with Gasteiger partial charge in [0.25, 0.3) is 11.6 Å². The first-order valence-corrected chi connectivity index (χ1v) is 6.66. The molecular formula is C15H13ClN2O3. The zero-order valence-corrected chi connectivity index (χ0v) is 12.0. The molecule has 0 fully saturated rings. The molecule has 21 heavy (non-hydrogen) atoms. The van der Waals surface area contributed by atoms with E-state index in [4.69, 9.17) is 11.6 Å². The lowest BCUT2D eigenvalue weighted by Gasteiger charge is -2.14. The minimum Gasteiger partial charge on any atom is -0.346 e. The lowest BCUT2D eigenvalue weighted by atomic mass is 10.1. The van der Waals surface area contributed by atoms with E-state index in [2.05, 4.69) is 5.32 Å². The Hall–Kier alpha value is -2.40. The normalized spacial score (nSPS) is 11.7. The minimum atomic E-state index is -0.504. The molecule has 0 aliphatic heterocycles. The summed E-state index contributed by atoms with van der Waals surface area (Å²) in [5, 5.41) is 14.0. The van der Waals surface area contributed by atoms with Crippen molar-refractivity contribution >= 4 is 23.2 Å². The van der Waals surface area contributed by atoms with Gasteiger partial charge < -0.3 is 5.32 Å². The number of hydrogen-bond donors (Lipinski definition) is 1. The van der Waals surface area contributed by atoms with Crippen LogP contribution in [0.2, 0.25) is 5.02 Å². The summed E-state index contributed by atoms with van der Waals surface area (Å²) >= 11 is 5.91. The highest BCUT2D eigenvalue weighted by Gasteiger charge is 2.13. The number of nitro groups is 1. The van der Waals surface area contributed by atoms with Gasteiger partial charge in [0.2, 0.25) is 0 Å². The average Bonchev–Trinajstić information content (AvgIpc) is 2.47. The van der Waals surface area contributed by atoms with Gasteiger partial charge in [0.15, 0.2) is 0 Å². The molecule has 0 saturated carbocycles. The van der Waals surface area contributed by atoms with Crippen LogP contribution >= 0.6 is 11.6 Å². The number of nitrogens with zero attached hydrogens (tertiary/aromatic N) is 1. The number of nitrogens with one attached hydrogen (secondary N) is 1. The van der Waals surface area contributed by atoms with Crippen LogP contribution in [-0.4, -0.2) is 10.8 Å². The average molecular weight is 305 g/mol. The zero-order valence-electron chi connectivity index (χ0n) is 11.2. The fraction of sp³-hybridized carbons (Fsp3) is 0.133. The Morgan fingerprint density at radius 2 is 1.90 bits per heavy atom. The monoisotopic (exact) mass is 304 g/mol. The van der Waals surface area contributed by atoms with Crippen LogP contribution in [-0.2, 0) is 0 Å². The van der Waals surface area contributed by atoms with Gasteiger partial charge in [-0.25, -0.2) is 0 Å². The summed E-state index contributed by atoms with van der Waals surface area (Å²) in [5.41, 5.74) is 1.21. The van der Waals surface area contributed by atoms with Gasteiger partial charge in [0.05, 0.1) is 11.0 Å². The van der Waals surface area contributed by atoms with Crippen LogP contribution in [0.4, 0.5) is 5.69 Å². The van der Waals surface area contributed by atoms with Gasteiger partial charge >= 0.3 is 0 Å². The van der Waals surface area contributed by atoms with Crippen molar-refractivity contribution in [3.63, 3.8) is 0 Å². The Bertz CT molecular complexity index is 671. The molecular weight excluding hydrogens is 292 g/mol. The lowest BCUT2D eigenvalue weighted by molar-refractivity contribution is -0.384. The van der Waals surface area contributed by atoms with Crippen molar-refractivity contribution in [1.29, 1.82) is 0 Å². The van der Waals surface area contributed by atoms with Crippen LogP contribution in [0.3, 0.4) is 0 Å². The summed E-state index contributed by atoms with van der Waals surface area (Å²) in [7, 11) is 0. The van der Waals surface area contributed by atoms with E-state index in [0.29, 0.717) is 10.6 Å². The van der Waals surface area contributed by atoms with Gasteiger partial charge in [-0.1, -0.05) is 23.7 Å². The quantitative estimate of drug-likeness (QED) is 0.691. The van der Waals surface area contributed by atoms with E-state index in [0.717, 1.165) is 5.56 Å². The Morgan fingerprint density at radius 3 is 2.48 bits per heavy atom. The molecule has 108 valence electrons. The van der Waals surface area contributed by atoms with Gasteiger partial charge in [0, 0.05) is 22.7 Å². The molecule has 0 aliphatic rings. The van der Waals surface area contributed by atoms with Gasteiger partial charge in [-0.15, -0.1) is 0 Å². The number of carbonyl (C=O) groups is 1. The summed E-state index contributed by atoms with van der Waals surface area (Å²) < 4.78 is 0. The van der Waals surface area contributed by atoms with Gasteiger partial charge in [-0.3, -0.25) is 14.9 Å². The Morgan fingerprint density at radius 1 is 1.24 bits per heavy atom. The number of benzene rings is 2. The van der Waals surface area contributed by atoms with E-state index in [1.54, 1.807) is 12.1 Å². The number of halogens is 1. The fourth-order valence-corrected chi connectivity index (χ4v) is 2.07. The van der Waals surface area contributed by atoms with Gasteiger partial charge in [-0.2, -0.15) is 0 Å². The van der Waals surface area contributed by atoms with E-state index in [1.165, 1.54) is 24.3 Å². The molecule has 0 saturated heterocycles. The Labute approximate surface area is 126 Å². The highest BCUT2D eigenvalue weighted by Crippen LogP contribution is 2.18. The second kappa shape index (κ2) is 6.37. The second-order valence-electron chi connectivity index (χ2n) is 4.55. The molecule has 0 aromatic heterocycles. The molecule has 2 aromatic carbocycles. The van der Waals surface area contributed by atoms with Crippen LogP contribution in [0.1, 0.15) is 28.9 Å². The highest BCUT2D eigenvalue weighted by atomic mass is 35.5. The molecule has 1 N–H and O–H groups in total. The number of nitro benzene ring substituents is 1. The molecule has 1 unspecified atom stereocenters. The number of hydrogen-bond acceptors (Lipinski definition) is 3. The fourth-order valence-electron chi connectivity index (χ4n) is 1.87. The topological polar surface area (TPSA) is 72.2 Å². The van der Waals surface area contributed by atoms with Crippen molar-refractivity contribution in [2.45, 2.75) is 13.0 Å². The summed E-state index contributed by atoms with van der Waals surface area (Å²) in [4.78, 5) is 22.1. The zero-order chi connectivity index (χ0) is 15.4. The van der Waals surface area contributed by atoms with Gasteiger partial charge in [0.1, 0.15) is 0 Å². The van der Waals surface area contributed by atoms with E-state index in [-0.39, 0.29) is 17.6 Å². The third-order valence-electron chi connectivity index (χ3n) is 3.04. The van der Waals surface area contributed by atoms with Crippen molar-refractivity contribution in [2.24, 2.45) is 0 Å². The Balaban J connectivity index is 2.08. The van der Waals surface area contributed by atoms with Crippen LogP contribution in [0.15, 0.2) is 48.5 Å². The van der Waals surface area contributed by atoms with Crippen LogP contribution in [0, 0.1) is 10.1 Å². The van der Waals surface area contributed by atoms with Crippen LogP contribution in [0.5, 0.6) is 0 Å². The molecule has 0 bridgehead atoms. The number of carbonyl (C=O) groups excluding carboxylic acids is 1. The van der Waals surface area contributed by atoms with Gasteiger partial charge in [-0.05, 0) is 36.8 Å². The SMILES string of the molecule is CC(NC(=O)c1ccc([N+](=O)[O-])cc1)c1cccc(Cl)c1. The van der Waals surface area contributed by atoms with Crippen LogP contribution < -0.4 is 5.32 Å². The summed E-state index contributed by atoms with van der Waals surface area (Å²) in [6, 6.07) is 12.5. The maximum Gasteiger partial charge on any atom is 0.269 e. The van der Waals surface area contributed by atoms with Crippen molar-refractivity contribution < 1.29 is 9.72 Å². The molecule has 1 amide bonds.